The molecule has 2 nitrogen and oxygen atoms in total. The second-order valence-electron chi connectivity index (χ2n) is 5.06. The van der Waals surface area contributed by atoms with Crippen molar-refractivity contribution in [1.82, 2.24) is 4.90 Å². The highest BCUT2D eigenvalue weighted by Crippen LogP contribution is 2.24. The Hall–Kier alpha value is -1.00. The van der Waals surface area contributed by atoms with Gasteiger partial charge in [-0.25, -0.2) is 8.78 Å². The normalized spacial score (nSPS) is 22.3. The van der Waals surface area contributed by atoms with E-state index in [4.69, 9.17) is 0 Å². The predicted molar refractivity (Wildman–Crippen MR) is 66.1 cm³/mol. The van der Waals surface area contributed by atoms with Crippen LogP contribution in [0.3, 0.4) is 0 Å². The molecule has 1 saturated heterocycles. The molecule has 18 heavy (non-hydrogen) atoms. The molecule has 0 amide bonds. The predicted octanol–water partition coefficient (Wildman–Crippen LogP) is 2.70. The van der Waals surface area contributed by atoms with Gasteiger partial charge in [0.05, 0.1) is 6.10 Å². The molecule has 2 atom stereocenters. The molecule has 1 aliphatic heterocycles. The van der Waals surface area contributed by atoms with Gasteiger partial charge in [-0.3, -0.25) is 4.90 Å². The average Bonchev–Trinajstić information content (AvgIpc) is 2.72. The minimum atomic E-state index is -0.793. The first kappa shape index (κ1) is 13.4. The van der Waals surface area contributed by atoms with Crippen LogP contribution in [-0.2, 0) is 6.54 Å². The van der Waals surface area contributed by atoms with Crippen LogP contribution in [0, 0.1) is 11.6 Å². The van der Waals surface area contributed by atoms with Crippen molar-refractivity contribution < 1.29 is 13.9 Å². The molecule has 0 saturated carbocycles. The summed E-state index contributed by atoms with van der Waals surface area (Å²) in [4.78, 5) is 2.13. The Morgan fingerprint density at radius 2 is 2.22 bits per heavy atom. The zero-order valence-corrected chi connectivity index (χ0v) is 10.6. The van der Waals surface area contributed by atoms with Crippen LogP contribution in [0.4, 0.5) is 8.78 Å². The highest BCUT2D eigenvalue weighted by Gasteiger charge is 2.26. The van der Waals surface area contributed by atoms with Gasteiger partial charge in [0, 0.05) is 18.2 Å². The van der Waals surface area contributed by atoms with Crippen LogP contribution in [0.25, 0.3) is 0 Å². The van der Waals surface area contributed by atoms with E-state index in [1.54, 1.807) is 13.0 Å². The second kappa shape index (κ2) is 5.76. The number of benzene rings is 1. The maximum atomic E-state index is 13.6. The van der Waals surface area contributed by atoms with E-state index in [1.807, 2.05) is 0 Å². The fraction of sp³-hybridized carbons (Fsp3) is 0.571. The Kier molecular flexibility index (Phi) is 4.30. The Bertz CT molecular complexity index is 409. The van der Waals surface area contributed by atoms with Gasteiger partial charge in [0.15, 0.2) is 11.6 Å². The van der Waals surface area contributed by atoms with Crippen molar-refractivity contribution in [2.45, 2.75) is 44.9 Å². The maximum absolute atomic E-state index is 13.6. The van der Waals surface area contributed by atoms with E-state index in [0.29, 0.717) is 18.5 Å². The molecular weight excluding hydrogens is 236 g/mol. The van der Waals surface area contributed by atoms with Crippen molar-refractivity contribution in [3.8, 4) is 0 Å². The van der Waals surface area contributed by atoms with E-state index in [-0.39, 0.29) is 12.1 Å². The summed E-state index contributed by atoms with van der Waals surface area (Å²) in [6, 6.07) is 4.56. The van der Waals surface area contributed by atoms with Gasteiger partial charge in [-0.05, 0) is 38.8 Å². The Morgan fingerprint density at radius 1 is 1.44 bits per heavy atom. The van der Waals surface area contributed by atoms with E-state index in [2.05, 4.69) is 4.90 Å². The lowest BCUT2D eigenvalue weighted by Crippen LogP contribution is -2.31. The van der Waals surface area contributed by atoms with Crippen molar-refractivity contribution in [2.24, 2.45) is 0 Å². The van der Waals surface area contributed by atoms with Crippen LogP contribution in [0.1, 0.15) is 31.7 Å². The fourth-order valence-corrected chi connectivity index (χ4v) is 2.65. The molecule has 1 heterocycles. The van der Waals surface area contributed by atoms with E-state index < -0.39 is 11.6 Å². The topological polar surface area (TPSA) is 23.5 Å². The molecular formula is C14H19F2NO. The van der Waals surface area contributed by atoms with Gasteiger partial charge in [0.25, 0.3) is 0 Å². The van der Waals surface area contributed by atoms with Crippen LogP contribution in [-0.4, -0.2) is 28.7 Å². The lowest BCUT2D eigenvalue weighted by atomic mass is 10.1. The van der Waals surface area contributed by atoms with Gasteiger partial charge >= 0.3 is 0 Å². The quantitative estimate of drug-likeness (QED) is 0.894. The number of rotatable bonds is 4. The molecule has 0 aromatic heterocycles. The van der Waals surface area contributed by atoms with E-state index in [0.717, 1.165) is 25.5 Å². The Labute approximate surface area is 106 Å². The molecule has 0 aliphatic carbocycles. The lowest BCUT2D eigenvalue weighted by Gasteiger charge is -2.25. The van der Waals surface area contributed by atoms with Crippen LogP contribution < -0.4 is 0 Å². The number of hydrogen-bond acceptors (Lipinski definition) is 2. The summed E-state index contributed by atoms with van der Waals surface area (Å²) in [6.07, 6.45) is 2.40. The van der Waals surface area contributed by atoms with Crippen molar-refractivity contribution in [3.63, 3.8) is 0 Å². The number of hydrogen-bond donors (Lipinski definition) is 1. The van der Waals surface area contributed by atoms with Crippen LogP contribution in [0.15, 0.2) is 18.2 Å². The third kappa shape index (κ3) is 3.06. The van der Waals surface area contributed by atoms with E-state index >= 15 is 0 Å². The van der Waals surface area contributed by atoms with Gasteiger partial charge in [-0.15, -0.1) is 0 Å². The molecule has 1 aromatic carbocycles. The molecule has 2 rings (SSSR count). The molecule has 1 fully saturated rings. The Balaban J connectivity index is 2.06. The summed E-state index contributed by atoms with van der Waals surface area (Å²) in [5, 5.41) is 9.43. The second-order valence-corrected chi connectivity index (χ2v) is 5.06. The van der Waals surface area contributed by atoms with Gasteiger partial charge in [-0.2, -0.15) is 0 Å². The van der Waals surface area contributed by atoms with Crippen molar-refractivity contribution in [3.05, 3.63) is 35.4 Å². The number of aliphatic hydroxyl groups is 1. The number of aliphatic hydroxyl groups excluding tert-OH is 1. The van der Waals surface area contributed by atoms with Gasteiger partial charge < -0.3 is 5.11 Å². The summed E-state index contributed by atoms with van der Waals surface area (Å²) in [5.74, 6) is -1.54. The molecule has 1 aromatic rings. The fourth-order valence-electron chi connectivity index (χ4n) is 2.65. The lowest BCUT2D eigenvalue weighted by molar-refractivity contribution is 0.130. The third-order valence-corrected chi connectivity index (χ3v) is 3.52. The van der Waals surface area contributed by atoms with Crippen molar-refractivity contribution >= 4 is 0 Å². The minimum absolute atomic E-state index is 0.271. The third-order valence-electron chi connectivity index (χ3n) is 3.52. The maximum Gasteiger partial charge on any atom is 0.163 e. The molecule has 0 bridgehead atoms. The number of nitrogens with zero attached hydrogens (tertiary/aromatic N) is 1. The molecule has 0 radical (unpaired) electrons. The molecule has 0 spiro atoms. The van der Waals surface area contributed by atoms with Crippen molar-refractivity contribution in [1.29, 1.82) is 0 Å². The zero-order valence-electron chi connectivity index (χ0n) is 10.6. The van der Waals surface area contributed by atoms with E-state index in [9.17, 15) is 13.9 Å². The summed E-state index contributed by atoms with van der Waals surface area (Å²) in [5.41, 5.74) is 0.396. The number of halogens is 2. The molecule has 1 N–H and O–H groups in total. The average molecular weight is 255 g/mol. The zero-order chi connectivity index (χ0) is 13.1. The molecule has 1 aliphatic rings. The SMILES string of the molecule is CC(O)CC1CCCN1Cc1cccc(F)c1F. The van der Waals surface area contributed by atoms with Crippen LogP contribution >= 0.6 is 0 Å². The summed E-state index contributed by atoms with van der Waals surface area (Å²) in [6.45, 7) is 3.06. The summed E-state index contributed by atoms with van der Waals surface area (Å²) < 4.78 is 26.7. The first-order valence-corrected chi connectivity index (χ1v) is 6.43. The van der Waals surface area contributed by atoms with Gasteiger partial charge in [0.2, 0.25) is 0 Å². The molecule has 100 valence electrons. The van der Waals surface area contributed by atoms with Gasteiger partial charge in [-0.1, -0.05) is 12.1 Å². The smallest absolute Gasteiger partial charge is 0.163 e. The minimum Gasteiger partial charge on any atom is -0.393 e. The van der Waals surface area contributed by atoms with Crippen LogP contribution in [0.5, 0.6) is 0 Å². The molecule has 2 unspecified atom stereocenters. The monoisotopic (exact) mass is 255 g/mol. The largest absolute Gasteiger partial charge is 0.393 e. The molecule has 4 heteroatoms. The summed E-state index contributed by atoms with van der Waals surface area (Å²) in [7, 11) is 0. The number of likely N-dealkylation sites (tertiary alicyclic amines) is 1. The van der Waals surface area contributed by atoms with E-state index in [1.165, 1.54) is 6.07 Å². The van der Waals surface area contributed by atoms with Crippen molar-refractivity contribution in [2.75, 3.05) is 6.54 Å². The summed E-state index contributed by atoms with van der Waals surface area (Å²) >= 11 is 0. The first-order chi connectivity index (χ1) is 8.58. The van der Waals surface area contributed by atoms with Crippen LogP contribution in [0.2, 0.25) is 0 Å². The first-order valence-electron chi connectivity index (χ1n) is 6.43. The highest BCUT2D eigenvalue weighted by molar-refractivity contribution is 5.19. The highest BCUT2D eigenvalue weighted by atomic mass is 19.2. The Morgan fingerprint density at radius 3 is 2.94 bits per heavy atom. The standard InChI is InChI=1S/C14H19F2NO/c1-10(18)8-12-5-3-7-17(12)9-11-4-2-6-13(15)14(11)16/h2,4,6,10,12,18H,3,5,7-9H2,1H3. The van der Waals surface area contributed by atoms with Gasteiger partial charge in [0.1, 0.15) is 0 Å².